The van der Waals surface area contributed by atoms with Crippen molar-refractivity contribution in [2.45, 2.75) is 0 Å². The molecule has 4 heteroatoms. The Labute approximate surface area is 104 Å². The molecule has 0 fully saturated rings. The molecule has 1 amide bonds. The first-order valence-electron chi connectivity index (χ1n) is 5.03. The predicted molar refractivity (Wildman–Crippen MR) is 68.2 cm³/mol. The third-order valence-electron chi connectivity index (χ3n) is 2.46. The zero-order valence-corrected chi connectivity index (χ0v) is 10.1. The minimum atomic E-state index is -0.0454. The quantitative estimate of drug-likeness (QED) is 0.812. The van der Waals surface area contributed by atoms with Gasteiger partial charge in [-0.1, -0.05) is 0 Å². The van der Waals surface area contributed by atoms with Crippen molar-refractivity contribution in [3.63, 3.8) is 0 Å². The van der Waals surface area contributed by atoms with Crippen LogP contribution in [0.5, 0.6) is 0 Å². The number of carbonyl (C=O) groups is 1. The maximum Gasteiger partial charge on any atom is 0.258 e. The average molecular weight is 242 g/mol. The van der Waals surface area contributed by atoms with Gasteiger partial charge in [-0.15, -0.1) is 0 Å². The second-order valence-electron chi connectivity index (χ2n) is 3.53. The van der Waals surface area contributed by atoms with Gasteiger partial charge >= 0.3 is 0 Å². The molecule has 0 saturated carbocycles. The van der Waals surface area contributed by atoms with E-state index in [4.69, 9.17) is 5.26 Å². The Morgan fingerprint density at radius 1 is 1.29 bits per heavy atom. The Hall–Kier alpha value is -2.12. The highest BCUT2D eigenvalue weighted by Crippen LogP contribution is 2.17. The molecule has 17 heavy (non-hydrogen) atoms. The van der Waals surface area contributed by atoms with Gasteiger partial charge in [0.15, 0.2) is 0 Å². The van der Waals surface area contributed by atoms with Gasteiger partial charge in [-0.3, -0.25) is 4.79 Å². The molecule has 1 aromatic carbocycles. The molecule has 0 unspecified atom stereocenters. The molecular formula is C13H10N2OS. The average Bonchev–Trinajstić information content (AvgIpc) is 2.91. The lowest BCUT2D eigenvalue weighted by Crippen LogP contribution is -2.25. The van der Waals surface area contributed by atoms with Crippen LogP contribution in [0, 0.1) is 11.3 Å². The number of nitriles is 1. The summed E-state index contributed by atoms with van der Waals surface area (Å²) >= 11 is 1.50. The summed E-state index contributed by atoms with van der Waals surface area (Å²) in [5, 5.41) is 12.4. The van der Waals surface area contributed by atoms with Crippen molar-refractivity contribution in [1.29, 1.82) is 5.26 Å². The number of thiophene rings is 1. The Kier molecular flexibility index (Phi) is 3.22. The molecule has 84 valence electrons. The molecule has 0 aliphatic carbocycles. The number of hydrogen-bond donors (Lipinski definition) is 0. The van der Waals surface area contributed by atoms with Crippen LogP contribution in [0.3, 0.4) is 0 Å². The topological polar surface area (TPSA) is 44.1 Å². The Bertz CT molecular complexity index is 552. The summed E-state index contributed by atoms with van der Waals surface area (Å²) in [5.41, 5.74) is 2.05. The van der Waals surface area contributed by atoms with E-state index in [-0.39, 0.29) is 5.91 Å². The molecule has 2 aromatic rings. The van der Waals surface area contributed by atoms with E-state index >= 15 is 0 Å². The number of amides is 1. The summed E-state index contributed by atoms with van der Waals surface area (Å²) in [6, 6.07) is 10.8. The Morgan fingerprint density at radius 2 is 2.00 bits per heavy atom. The zero-order valence-electron chi connectivity index (χ0n) is 9.25. The molecule has 1 aromatic heterocycles. The summed E-state index contributed by atoms with van der Waals surface area (Å²) in [6.45, 7) is 0. The first kappa shape index (κ1) is 11.4. The summed E-state index contributed by atoms with van der Waals surface area (Å²) < 4.78 is 0. The fraction of sp³-hybridized carbons (Fsp3) is 0.0769. The van der Waals surface area contributed by atoms with Gasteiger partial charge in [-0.2, -0.15) is 16.6 Å². The van der Waals surface area contributed by atoms with Crippen LogP contribution >= 0.6 is 11.3 Å². The van der Waals surface area contributed by atoms with Crippen molar-refractivity contribution in [2.24, 2.45) is 0 Å². The van der Waals surface area contributed by atoms with Crippen LogP contribution in [0.25, 0.3) is 0 Å². The number of hydrogen-bond acceptors (Lipinski definition) is 3. The van der Waals surface area contributed by atoms with Gasteiger partial charge in [-0.05, 0) is 35.7 Å². The summed E-state index contributed by atoms with van der Waals surface area (Å²) in [4.78, 5) is 13.6. The number of nitrogens with zero attached hydrogens (tertiary/aromatic N) is 2. The van der Waals surface area contributed by atoms with Crippen LogP contribution in [0.15, 0.2) is 41.1 Å². The number of carbonyl (C=O) groups excluding carboxylic acids is 1. The summed E-state index contributed by atoms with van der Waals surface area (Å²) in [5.74, 6) is -0.0454. The van der Waals surface area contributed by atoms with Crippen LogP contribution in [0.1, 0.15) is 15.9 Å². The zero-order chi connectivity index (χ0) is 12.3. The van der Waals surface area contributed by atoms with Gasteiger partial charge < -0.3 is 4.90 Å². The van der Waals surface area contributed by atoms with Crippen LogP contribution in [-0.2, 0) is 0 Å². The molecule has 3 nitrogen and oxygen atoms in total. The molecule has 0 saturated heterocycles. The van der Waals surface area contributed by atoms with E-state index in [0.717, 1.165) is 5.69 Å². The van der Waals surface area contributed by atoms with Crippen molar-refractivity contribution < 1.29 is 4.79 Å². The van der Waals surface area contributed by atoms with Gasteiger partial charge in [-0.25, -0.2) is 0 Å². The van der Waals surface area contributed by atoms with Gasteiger partial charge in [0.2, 0.25) is 0 Å². The monoisotopic (exact) mass is 242 g/mol. The van der Waals surface area contributed by atoms with E-state index in [2.05, 4.69) is 0 Å². The number of benzene rings is 1. The minimum absolute atomic E-state index is 0.0454. The van der Waals surface area contributed by atoms with Gasteiger partial charge in [0.1, 0.15) is 0 Å². The second kappa shape index (κ2) is 4.81. The lowest BCUT2D eigenvalue weighted by Gasteiger charge is -2.16. The van der Waals surface area contributed by atoms with Crippen molar-refractivity contribution in [3.8, 4) is 6.07 Å². The molecule has 2 rings (SSSR count). The third kappa shape index (κ3) is 2.35. The normalized spacial score (nSPS) is 9.65. The van der Waals surface area contributed by atoms with Crippen LogP contribution < -0.4 is 4.90 Å². The van der Waals surface area contributed by atoms with Crippen molar-refractivity contribution in [1.82, 2.24) is 0 Å². The Morgan fingerprint density at radius 3 is 2.53 bits per heavy atom. The number of anilines is 1. The van der Waals surface area contributed by atoms with Crippen LogP contribution in [-0.4, -0.2) is 13.0 Å². The molecule has 0 aliphatic rings. The van der Waals surface area contributed by atoms with Crippen LogP contribution in [0.2, 0.25) is 0 Å². The first-order valence-corrected chi connectivity index (χ1v) is 5.97. The van der Waals surface area contributed by atoms with Gasteiger partial charge in [0, 0.05) is 18.1 Å². The summed E-state index contributed by atoms with van der Waals surface area (Å²) in [7, 11) is 1.72. The predicted octanol–water partition coefficient (Wildman–Crippen LogP) is 2.90. The highest BCUT2D eigenvalue weighted by Gasteiger charge is 2.13. The van der Waals surface area contributed by atoms with Crippen LogP contribution in [0.4, 0.5) is 5.69 Å². The lowest BCUT2D eigenvalue weighted by atomic mass is 10.2. The molecule has 0 bridgehead atoms. The standard InChI is InChI=1S/C13H10N2OS/c1-15(13(16)11-6-7-17-9-11)12-4-2-10(8-14)3-5-12/h2-7,9H,1H3. The van der Waals surface area contributed by atoms with Gasteiger partial charge in [0.05, 0.1) is 17.2 Å². The first-order chi connectivity index (χ1) is 8.22. The SMILES string of the molecule is CN(C(=O)c1ccsc1)c1ccc(C#N)cc1. The highest BCUT2D eigenvalue weighted by molar-refractivity contribution is 7.08. The number of rotatable bonds is 2. The van der Waals surface area contributed by atoms with Gasteiger partial charge in [0.25, 0.3) is 5.91 Å². The molecule has 0 spiro atoms. The molecule has 1 heterocycles. The van der Waals surface area contributed by atoms with E-state index in [1.807, 2.05) is 16.8 Å². The van der Waals surface area contributed by atoms with E-state index in [1.165, 1.54) is 11.3 Å². The molecule has 0 N–H and O–H groups in total. The minimum Gasteiger partial charge on any atom is -0.311 e. The third-order valence-corrected chi connectivity index (χ3v) is 3.14. The largest absolute Gasteiger partial charge is 0.311 e. The second-order valence-corrected chi connectivity index (χ2v) is 4.31. The van der Waals surface area contributed by atoms with E-state index in [0.29, 0.717) is 11.1 Å². The lowest BCUT2D eigenvalue weighted by molar-refractivity contribution is 0.0993. The highest BCUT2D eigenvalue weighted by atomic mass is 32.1. The van der Waals surface area contributed by atoms with E-state index < -0.39 is 0 Å². The maximum absolute atomic E-state index is 12.0. The van der Waals surface area contributed by atoms with Crippen molar-refractivity contribution >= 4 is 22.9 Å². The van der Waals surface area contributed by atoms with Crippen molar-refractivity contribution in [3.05, 3.63) is 52.2 Å². The fourth-order valence-electron chi connectivity index (χ4n) is 1.46. The smallest absolute Gasteiger partial charge is 0.258 e. The maximum atomic E-state index is 12.0. The Balaban J connectivity index is 2.22. The molecule has 0 aliphatic heterocycles. The van der Waals surface area contributed by atoms with E-state index in [9.17, 15) is 4.79 Å². The fourth-order valence-corrected chi connectivity index (χ4v) is 2.09. The molecule has 0 atom stereocenters. The molecular weight excluding hydrogens is 232 g/mol. The van der Waals surface area contributed by atoms with Crippen molar-refractivity contribution in [2.75, 3.05) is 11.9 Å². The van der Waals surface area contributed by atoms with E-state index in [1.54, 1.807) is 42.3 Å². The summed E-state index contributed by atoms with van der Waals surface area (Å²) in [6.07, 6.45) is 0. The molecule has 0 radical (unpaired) electrons.